The summed E-state index contributed by atoms with van der Waals surface area (Å²) in [5, 5.41) is 12.0. The Morgan fingerprint density at radius 1 is 1.53 bits per heavy atom. The molecule has 0 radical (unpaired) electrons. The van der Waals surface area contributed by atoms with Gasteiger partial charge < -0.3 is 0 Å². The first-order valence-electron chi connectivity index (χ1n) is 5.76. The number of hydrogen-bond acceptors (Lipinski definition) is 5. The SMILES string of the molecule is CN(C(=O)CCl)C(=O)ON=CCC(C)(C)CCC#N. The van der Waals surface area contributed by atoms with Gasteiger partial charge in [0.1, 0.15) is 5.88 Å². The molecule has 0 aromatic heterocycles. The molecule has 0 saturated heterocycles. The van der Waals surface area contributed by atoms with Crippen molar-refractivity contribution < 1.29 is 14.4 Å². The standard InChI is InChI=1S/C12H18ClN3O3/c1-12(2,5-4-7-14)6-8-15-19-11(18)16(3)10(17)9-13/h8H,4-6,9H2,1-3H3. The van der Waals surface area contributed by atoms with E-state index >= 15 is 0 Å². The molecule has 0 rings (SSSR count). The van der Waals surface area contributed by atoms with Gasteiger partial charge in [-0.05, 0) is 18.3 Å². The van der Waals surface area contributed by atoms with Gasteiger partial charge in [0.25, 0.3) is 0 Å². The lowest BCUT2D eigenvalue weighted by Gasteiger charge is -2.20. The molecule has 19 heavy (non-hydrogen) atoms. The number of carbonyl (C=O) groups excluding carboxylic acids is 2. The minimum Gasteiger partial charge on any atom is -0.298 e. The second-order valence-electron chi connectivity index (χ2n) is 4.76. The summed E-state index contributed by atoms with van der Waals surface area (Å²) in [7, 11) is 1.26. The number of alkyl halides is 1. The molecule has 0 unspecified atom stereocenters. The van der Waals surface area contributed by atoms with Crippen molar-refractivity contribution in [3.8, 4) is 6.07 Å². The molecule has 0 atom stereocenters. The number of imide groups is 1. The zero-order chi connectivity index (χ0) is 14.9. The van der Waals surface area contributed by atoms with Crippen molar-refractivity contribution in [2.45, 2.75) is 33.1 Å². The highest BCUT2D eigenvalue weighted by molar-refractivity contribution is 6.28. The topological polar surface area (TPSA) is 82.8 Å². The van der Waals surface area contributed by atoms with Crippen LogP contribution in [-0.2, 0) is 9.63 Å². The van der Waals surface area contributed by atoms with Gasteiger partial charge in [0, 0.05) is 19.7 Å². The molecule has 0 N–H and O–H groups in total. The molecule has 0 heterocycles. The van der Waals surface area contributed by atoms with E-state index in [-0.39, 0.29) is 11.3 Å². The van der Waals surface area contributed by atoms with Gasteiger partial charge >= 0.3 is 6.09 Å². The Morgan fingerprint density at radius 2 is 2.16 bits per heavy atom. The van der Waals surface area contributed by atoms with Crippen LogP contribution in [-0.4, -0.2) is 36.0 Å². The fourth-order valence-electron chi connectivity index (χ4n) is 1.12. The summed E-state index contributed by atoms with van der Waals surface area (Å²) < 4.78 is 0. The highest BCUT2D eigenvalue weighted by Gasteiger charge is 2.18. The summed E-state index contributed by atoms with van der Waals surface area (Å²) in [4.78, 5) is 27.7. The van der Waals surface area contributed by atoms with Crippen molar-refractivity contribution in [1.82, 2.24) is 4.90 Å². The maximum absolute atomic E-state index is 11.3. The third-order valence-corrected chi connectivity index (χ3v) is 2.75. The fourth-order valence-corrected chi connectivity index (χ4v) is 1.30. The molecule has 6 nitrogen and oxygen atoms in total. The molecule has 0 fully saturated rings. The van der Waals surface area contributed by atoms with E-state index < -0.39 is 12.0 Å². The first-order chi connectivity index (χ1) is 8.84. The van der Waals surface area contributed by atoms with Gasteiger partial charge in [-0.15, -0.1) is 11.6 Å². The molecule has 0 aromatic carbocycles. The number of rotatable bonds is 6. The Hall–Kier alpha value is -1.61. The number of halogens is 1. The number of amides is 2. The number of hydrogen-bond donors (Lipinski definition) is 0. The van der Waals surface area contributed by atoms with E-state index in [9.17, 15) is 9.59 Å². The van der Waals surface area contributed by atoms with E-state index in [0.717, 1.165) is 11.3 Å². The average molecular weight is 288 g/mol. The Bertz CT molecular complexity index is 388. The van der Waals surface area contributed by atoms with E-state index in [0.29, 0.717) is 12.8 Å². The molecular formula is C12H18ClN3O3. The highest BCUT2D eigenvalue weighted by atomic mass is 35.5. The summed E-state index contributed by atoms with van der Waals surface area (Å²) in [6.45, 7) is 3.97. The summed E-state index contributed by atoms with van der Waals surface area (Å²) in [6, 6.07) is 2.08. The van der Waals surface area contributed by atoms with Crippen LogP contribution in [0.15, 0.2) is 5.16 Å². The van der Waals surface area contributed by atoms with Gasteiger partial charge in [-0.1, -0.05) is 19.0 Å². The zero-order valence-corrected chi connectivity index (χ0v) is 12.1. The largest absolute Gasteiger partial charge is 0.442 e. The van der Waals surface area contributed by atoms with Gasteiger partial charge in [0.05, 0.1) is 6.07 Å². The molecular weight excluding hydrogens is 270 g/mol. The molecule has 0 aromatic rings. The second kappa shape index (κ2) is 8.48. The molecule has 7 heteroatoms. The monoisotopic (exact) mass is 287 g/mol. The van der Waals surface area contributed by atoms with Crippen LogP contribution in [0.2, 0.25) is 0 Å². The van der Waals surface area contributed by atoms with Crippen LogP contribution in [0.3, 0.4) is 0 Å². The van der Waals surface area contributed by atoms with Crippen molar-refractivity contribution in [3.63, 3.8) is 0 Å². The minimum atomic E-state index is -0.878. The number of carbonyl (C=O) groups is 2. The first kappa shape index (κ1) is 17.4. The smallest absolute Gasteiger partial charge is 0.298 e. The first-order valence-corrected chi connectivity index (χ1v) is 6.30. The van der Waals surface area contributed by atoms with Crippen molar-refractivity contribution in [2.75, 3.05) is 12.9 Å². The van der Waals surface area contributed by atoms with E-state index in [1.165, 1.54) is 13.3 Å². The molecule has 106 valence electrons. The Labute approximate surface area is 117 Å². The highest BCUT2D eigenvalue weighted by Crippen LogP contribution is 2.25. The fraction of sp³-hybridized carbons (Fsp3) is 0.667. The quantitative estimate of drug-likeness (QED) is 0.325. The van der Waals surface area contributed by atoms with Crippen LogP contribution in [0.1, 0.15) is 33.1 Å². The maximum Gasteiger partial charge on any atom is 0.442 e. The van der Waals surface area contributed by atoms with E-state index in [4.69, 9.17) is 16.9 Å². The van der Waals surface area contributed by atoms with E-state index in [1.807, 2.05) is 13.8 Å². The molecule has 0 saturated carbocycles. The van der Waals surface area contributed by atoms with Gasteiger partial charge in [-0.3, -0.25) is 9.63 Å². The van der Waals surface area contributed by atoms with Gasteiger partial charge in [-0.2, -0.15) is 5.26 Å². The van der Waals surface area contributed by atoms with Gasteiger partial charge in [-0.25, -0.2) is 9.69 Å². The predicted molar refractivity (Wildman–Crippen MR) is 71.7 cm³/mol. The van der Waals surface area contributed by atoms with Gasteiger partial charge in [0.2, 0.25) is 5.91 Å². The summed E-state index contributed by atoms with van der Waals surface area (Å²) in [6.07, 6.45) is 2.34. The van der Waals surface area contributed by atoms with E-state index in [1.54, 1.807) is 0 Å². The Morgan fingerprint density at radius 3 is 2.68 bits per heavy atom. The summed E-state index contributed by atoms with van der Waals surface area (Å²) >= 11 is 5.30. The maximum atomic E-state index is 11.3. The lowest BCUT2D eigenvalue weighted by Crippen LogP contribution is -2.33. The van der Waals surface area contributed by atoms with Crippen LogP contribution in [0.5, 0.6) is 0 Å². The van der Waals surface area contributed by atoms with Crippen LogP contribution in [0.25, 0.3) is 0 Å². The van der Waals surface area contributed by atoms with Crippen LogP contribution in [0, 0.1) is 16.7 Å². The minimum absolute atomic E-state index is 0.0938. The summed E-state index contributed by atoms with van der Waals surface area (Å²) in [5.74, 6) is -0.854. The molecule has 0 aliphatic heterocycles. The molecule has 2 amide bonds. The Kier molecular flexibility index (Phi) is 7.77. The van der Waals surface area contributed by atoms with Crippen LogP contribution >= 0.6 is 11.6 Å². The molecule has 0 bridgehead atoms. The second-order valence-corrected chi connectivity index (χ2v) is 5.03. The van der Waals surface area contributed by atoms with Gasteiger partial charge in [0.15, 0.2) is 0 Å². The van der Waals surface area contributed by atoms with E-state index in [2.05, 4.69) is 16.1 Å². The van der Waals surface area contributed by atoms with Crippen molar-refractivity contribution >= 4 is 29.8 Å². The number of nitriles is 1. The van der Waals surface area contributed by atoms with Crippen molar-refractivity contribution in [1.29, 1.82) is 5.26 Å². The number of oxime groups is 1. The van der Waals surface area contributed by atoms with Crippen molar-refractivity contribution in [2.24, 2.45) is 10.6 Å². The van der Waals surface area contributed by atoms with Crippen LogP contribution in [0.4, 0.5) is 4.79 Å². The number of nitrogens with zero attached hydrogens (tertiary/aromatic N) is 3. The van der Waals surface area contributed by atoms with Crippen LogP contribution < -0.4 is 0 Å². The molecule has 0 aliphatic carbocycles. The average Bonchev–Trinajstić information content (AvgIpc) is 2.39. The third-order valence-electron chi connectivity index (χ3n) is 2.53. The Balaban J connectivity index is 4.13. The molecule has 0 spiro atoms. The summed E-state index contributed by atoms with van der Waals surface area (Å²) in [5.41, 5.74) is -0.0938. The third kappa shape index (κ3) is 7.42. The lowest BCUT2D eigenvalue weighted by molar-refractivity contribution is -0.125. The predicted octanol–water partition coefficient (Wildman–Crippen LogP) is 2.53. The zero-order valence-electron chi connectivity index (χ0n) is 11.4. The normalized spacial score (nSPS) is 11.1. The van der Waals surface area contributed by atoms with Crippen molar-refractivity contribution in [3.05, 3.63) is 0 Å². The molecule has 0 aliphatic rings. The lowest BCUT2D eigenvalue weighted by atomic mass is 9.85.